The smallest absolute Gasteiger partial charge is 0.0699 e. The van der Waals surface area contributed by atoms with Crippen LogP contribution in [0.5, 0.6) is 0 Å². The summed E-state index contributed by atoms with van der Waals surface area (Å²) < 4.78 is 5.65. The first kappa shape index (κ1) is 12.9. The summed E-state index contributed by atoms with van der Waals surface area (Å²) in [5.41, 5.74) is 0. The molecule has 0 aliphatic carbocycles. The van der Waals surface area contributed by atoms with E-state index in [0.717, 1.165) is 26.2 Å². The molecule has 1 aliphatic heterocycles. The number of hydrogen-bond donors (Lipinski definition) is 2. The minimum atomic E-state index is 0.466. The van der Waals surface area contributed by atoms with E-state index < -0.39 is 0 Å². The van der Waals surface area contributed by atoms with Crippen molar-refractivity contribution in [3.8, 4) is 0 Å². The molecule has 2 N–H and O–H groups in total. The molecule has 0 bridgehead atoms. The zero-order valence-corrected chi connectivity index (χ0v) is 10.2. The van der Waals surface area contributed by atoms with Gasteiger partial charge in [0.15, 0.2) is 0 Å². The van der Waals surface area contributed by atoms with Crippen LogP contribution in [0.4, 0.5) is 0 Å². The Hall–Kier alpha value is -0.120. The summed E-state index contributed by atoms with van der Waals surface area (Å²) in [6, 6.07) is 0.620. The van der Waals surface area contributed by atoms with Gasteiger partial charge in [0.2, 0.25) is 0 Å². The van der Waals surface area contributed by atoms with Gasteiger partial charge in [-0.2, -0.15) is 0 Å². The fourth-order valence-corrected chi connectivity index (χ4v) is 2.00. The van der Waals surface area contributed by atoms with Crippen LogP contribution in [-0.2, 0) is 4.74 Å². The largest absolute Gasteiger partial charge is 0.377 e. The maximum Gasteiger partial charge on any atom is 0.0699 e. The van der Waals surface area contributed by atoms with Crippen molar-refractivity contribution in [1.29, 1.82) is 0 Å². The molecule has 1 saturated heterocycles. The number of rotatable bonds is 7. The predicted octanol–water partition coefficient (Wildman–Crippen LogP) is 1.53. The van der Waals surface area contributed by atoms with Gasteiger partial charge >= 0.3 is 0 Å². The van der Waals surface area contributed by atoms with Gasteiger partial charge in [0.05, 0.1) is 6.10 Å². The molecule has 0 aromatic heterocycles. The maximum absolute atomic E-state index is 5.65. The minimum Gasteiger partial charge on any atom is -0.377 e. The zero-order valence-electron chi connectivity index (χ0n) is 10.2. The highest BCUT2D eigenvalue weighted by Gasteiger charge is 2.12. The van der Waals surface area contributed by atoms with E-state index in [2.05, 4.69) is 24.5 Å². The van der Waals surface area contributed by atoms with E-state index in [1.807, 2.05) is 0 Å². The molecular formula is C12H26N2O. The molecule has 1 aliphatic rings. The number of nitrogens with one attached hydrogen (secondary N) is 2. The second-order valence-electron chi connectivity index (χ2n) is 4.44. The van der Waals surface area contributed by atoms with Gasteiger partial charge in [-0.25, -0.2) is 0 Å². The zero-order chi connectivity index (χ0) is 10.9. The Bertz CT molecular complexity index is 147. The summed E-state index contributed by atoms with van der Waals surface area (Å²) in [5.74, 6) is 0. The van der Waals surface area contributed by atoms with E-state index in [4.69, 9.17) is 4.74 Å². The molecule has 3 heteroatoms. The van der Waals surface area contributed by atoms with E-state index in [-0.39, 0.29) is 0 Å². The van der Waals surface area contributed by atoms with Crippen LogP contribution in [0.1, 0.15) is 39.5 Å². The Morgan fingerprint density at radius 2 is 2.27 bits per heavy atom. The second kappa shape index (κ2) is 8.08. The monoisotopic (exact) mass is 214 g/mol. The van der Waals surface area contributed by atoms with E-state index in [0.29, 0.717) is 12.1 Å². The third-order valence-electron chi connectivity index (χ3n) is 2.95. The van der Waals surface area contributed by atoms with E-state index in [1.54, 1.807) is 0 Å². The summed E-state index contributed by atoms with van der Waals surface area (Å²) in [6.07, 6.45) is 5.47. The van der Waals surface area contributed by atoms with Gasteiger partial charge < -0.3 is 15.4 Å². The van der Waals surface area contributed by atoms with Crippen molar-refractivity contribution in [2.45, 2.75) is 51.7 Å². The standard InChI is InChI=1S/C12H26N2O/c1-3-14-11(2)7-8-13-10-12-6-4-5-9-15-12/h11-14H,3-10H2,1-2H3. The summed E-state index contributed by atoms with van der Waals surface area (Å²) in [4.78, 5) is 0. The normalized spacial score (nSPS) is 24.0. The van der Waals surface area contributed by atoms with Crippen LogP contribution < -0.4 is 10.6 Å². The SMILES string of the molecule is CCNC(C)CCNCC1CCCCO1. The third-order valence-corrected chi connectivity index (χ3v) is 2.95. The van der Waals surface area contributed by atoms with Crippen LogP contribution in [0.3, 0.4) is 0 Å². The van der Waals surface area contributed by atoms with Crippen LogP contribution in [0, 0.1) is 0 Å². The molecule has 0 aromatic rings. The average molecular weight is 214 g/mol. The highest BCUT2D eigenvalue weighted by Crippen LogP contribution is 2.11. The quantitative estimate of drug-likeness (QED) is 0.631. The Morgan fingerprint density at radius 1 is 1.40 bits per heavy atom. The topological polar surface area (TPSA) is 33.3 Å². The van der Waals surface area contributed by atoms with Gasteiger partial charge in [-0.1, -0.05) is 6.92 Å². The van der Waals surface area contributed by atoms with Crippen LogP contribution in [0.2, 0.25) is 0 Å². The molecule has 0 spiro atoms. The average Bonchev–Trinajstić information content (AvgIpc) is 2.26. The molecule has 0 saturated carbocycles. The van der Waals surface area contributed by atoms with Gasteiger partial charge in [0.25, 0.3) is 0 Å². The van der Waals surface area contributed by atoms with Gasteiger partial charge in [0, 0.05) is 19.2 Å². The first-order chi connectivity index (χ1) is 7.33. The lowest BCUT2D eigenvalue weighted by atomic mass is 10.1. The predicted molar refractivity (Wildman–Crippen MR) is 64.2 cm³/mol. The molecular weight excluding hydrogens is 188 g/mol. The van der Waals surface area contributed by atoms with Crippen LogP contribution in [0.25, 0.3) is 0 Å². The van der Waals surface area contributed by atoms with Crippen molar-refractivity contribution in [3.63, 3.8) is 0 Å². The van der Waals surface area contributed by atoms with Crippen LogP contribution in [-0.4, -0.2) is 38.4 Å². The molecule has 0 aromatic carbocycles. The molecule has 1 rings (SSSR count). The van der Waals surface area contributed by atoms with Crippen molar-refractivity contribution in [2.75, 3.05) is 26.2 Å². The second-order valence-corrected chi connectivity index (χ2v) is 4.44. The summed E-state index contributed by atoms with van der Waals surface area (Å²) in [6.45, 7) is 8.53. The first-order valence-electron chi connectivity index (χ1n) is 6.38. The summed E-state index contributed by atoms with van der Waals surface area (Å²) in [5, 5.41) is 6.89. The van der Waals surface area contributed by atoms with Gasteiger partial charge in [-0.05, 0) is 45.7 Å². The first-order valence-corrected chi connectivity index (χ1v) is 6.38. The van der Waals surface area contributed by atoms with Gasteiger partial charge in [0.1, 0.15) is 0 Å². The Morgan fingerprint density at radius 3 is 2.93 bits per heavy atom. The lowest BCUT2D eigenvalue weighted by Crippen LogP contribution is -2.35. The van der Waals surface area contributed by atoms with Gasteiger partial charge in [-0.15, -0.1) is 0 Å². The molecule has 15 heavy (non-hydrogen) atoms. The molecule has 2 atom stereocenters. The van der Waals surface area contributed by atoms with E-state index in [1.165, 1.54) is 25.7 Å². The molecule has 2 unspecified atom stereocenters. The molecule has 3 nitrogen and oxygen atoms in total. The Kier molecular flexibility index (Phi) is 6.98. The lowest BCUT2D eigenvalue weighted by Gasteiger charge is -2.23. The Labute approximate surface area is 94.0 Å². The fourth-order valence-electron chi connectivity index (χ4n) is 2.00. The minimum absolute atomic E-state index is 0.466. The molecule has 0 radical (unpaired) electrons. The van der Waals surface area contributed by atoms with Crippen molar-refractivity contribution < 1.29 is 4.74 Å². The summed E-state index contributed by atoms with van der Waals surface area (Å²) >= 11 is 0. The summed E-state index contributed by atoms with van der Waals surface area (Å²) in [7, 11) is 0. The number of hydrogen-bond acceptors (Lipinski definition) is 3. The van der Waals surface area contributed by atoms with Crippen molar-refractivity contribution >= 4 is 0 Å². The van der Waals surface area contributed by atoms with E-state index in [9.17, 15) is 0 Å². The highest BCUT2D eigenvalue weighted by molar-refractivity contribution is 4.67. The number of ether oxygens (including phenoxy) is 1. The van der Waals surface area contributed by atoms with Crippen molar-refractivity contribution in [3.05, 3.63) is 0 Å². The van der Waals surface area contributed by atoms with Crippen molar-refractivity contribution in [1.82, 2.24) is 10.6 Å². The van der Waals surface area contributed by atoms with Gasteiger partial charge in [-0.3, -0.25) is 0 Å². The molecule has 90 valence electrons. The highest BCUT2D eigenvalue weighted by atomic mass is 16.5. The molecule has 1 heterocycles. The molecule has 0 amide bonds. The van der Waals surface area contributed by atoms with Crippen LogP contribution >= 0.6 is 0 Å². The van der Waals surface area contributed by atoms with E-state index >= 15 is 0 Å². The van der Waals surface area contributed by atoms with Crippen molar-refractivity contribution in [2.24, 2.45) is 0 Å². The Balaban J connectivity index is 1.91. The lowest BCUT2D eigenvalue weighted by molar-refractivity contribution is 0.0170. The fraction of sp³-hybridized carbons (Fsp3) is 1.00. The van der Waals surface area contributed by atoms with Crippen LogP contribution in [0.15, 0.2) is 0 Å². The molecule has 1 fully saturated rings. The third kappa shape index (κ3) is 6.13. The maximum atomic E-state index is 5.65.